The van der Waals surface area contributed by atoms with E-state index in [4.69, 9.17) is 9.73 Å². The minimum Gasteiger partial charge on any atom is -0.383 e. The average molecular weight is 399 g/mol. The van der Waals surface area contributed by atoms with Gasteiger partial charge in [0.15, 0.2) is 0 Å². The van der Waals surface area contributed by atoms with Crippen molar-refractivity contribution in [3.05, 3.63) is 46.7 Å². The van der Waals surface area contributed by atoms with E-state index in [0.29, 0.717) is 26.1 Å². The molecule has 0 unspecified atom stereocenters. The van der Waals surface area contributed by atoms with Crippen molar-refractivity contribution >= 4 is 34.5 Å². The lowest BCUT2D eigenvalue weighted by Crippen LogP contribution is -2.62. The topological polar surface area (TPSA) is 66.0 Å². The number of thiophene rings is 1. The molecule has 1 aromatic carbocycles. The van der Waals surface area contributed by atoms with Gasteiger partial charge in [0, 0.05) is 18.5 Å². The van der Waals surface area contributed by atoms with Crippen molar-refractivity contribution in [3.8, 4) is 0 Å². The summed E-state index contributed by atoms with van der Waals surface area (Å²) in [6.07, 6.45) is 2.34. The number of methoxy groups -OCH3 is 1. The predicted molar refractivity (Wildman–Crippen MR) is 114 cm³/mol. The molecular formula is C21H26N4O2S. The zero-order valence-corrected chi connectivity index (χ0v) is 16.9. The van der Waals surface area contributed by atoms with Gasteiger partial charge < -0.3 is 20.3 Å². The van der Waals surface area contributed by atoms with E-state index in [2.05, 4.69) is 16.7 Å². The fourth-order valence-corrected chi connectivity index (χ4v) is 4.64. The largest absolute Gasteiger partial charge is 0.383 e. The highest BCUT2D eigenvalue weighted by atomic mass is 32.1. The number of para-hydroxylation sites is 2. The summed E-state index contributed by atoms with van der Waals surface area (Å²) in [6.45, 7) is 2.57. The van der Waals surface area contributed by atoms with Crippen LogP contribution in [0.4, 0.5) is 11.4 Å². The number of carbonyl (C=O) groups is 1. The summed E-state index contributed by atoms with van der Waals surface area (Å²) >= 11 is 1.63. The number of fused-ring (bicyclic) bond motifs is 1. The first-order valence-corrected chi connectivity index (χ1v) is 10.6. The van der Waals surface area contributed by atoms with Crippen LogP contribution < -0.4 is 10.6 Å². The van der Waals surface area contributed by atoms with Crippen LogP contribution in [-0.2, 0) is 16.0 Å². The number of nitrogens with one attached hydrogen (secondary N) is 2. The molecule has 28 heavy (non-hydrogen) atoms. The monoisotopic (exact) mass is 398 g/mol. The van der Waals surface area contributed by atoms with Crippen LogP contribution in [0, 0.1) is 0 Å². The maximum atomic E-state index is 12.9. The van der Waals surface area contributed by atoms with Crippen molar-refractivity contribution in [2.24, 2.45) is 4.99 Å². The summed E-state index contributed by atoms with van der Waals surface area (Å²) in [4.78, 5) is 20.8. The number of likely N-dealkylation sites (tertiary alicyclic amines) is 1. The third kappa shape index (κ3) is 3.91. The van der Waals surface area contributed by atoms with E-state index in [1.54, 1.807) is 18.4 Å². The van der Waals surface area contributed by atoms with Gasteiger partial charge in [-0.25, -0.2) is 0 Å². The number of amidine groups is 1. The fraction of sp³-hybridized carbons (Fsp3) is 0.429. The Morgan fingerprint density at radius 1 is 1.29 bits per heavy atom. The highest BCUT2D eigenvalue weighted by Gasteiger charge is 2.44. The van der Waals surface area contributed by atoms with E-state index in [1.807, 2.05) is 40.6 Å². The second-order valence-corrected chi connectivity index (χ2v) is 8.31. The molecule has 0 saturated carbocycles. The Morgan fingerprint density at radius 3 is 2.93 bits per heavy atom. The second kappa shape index (κ2) is 8.32. The molecule has 0 aliphatic carbocycles. The molecule has 1 fully saturated rings. The summed E-state index contributed by atoms with van der Waals surface area (Å²) < 4.78 is 5.18. The van der Waals surface area contributed by atoms with Gasteiger partial charge in [-0.05, 0) is 36.4 Å². The van der Waals surface area contributed by atoms with Crippen LogP contribution in [0.15, 0.2) is 46.8 Å². The molecule has 1 spiro atoms. The Morgan fingerprint density at radius 2 is 2.14 bits per heavy atom. The van der Waals surface area contributed by atoms with Gasteiger partial charge in [0.1, 0.15) is 11.4 Å². The third-order valence-corrected chi connectivity index (χ3v) is 6.20. The molecule has 1 amide bonds. The second-order valence-electron chi connectivity index (χ2n) is 7.28. The molecule has 7 heteroatoms. The normalized spacial score (nSPS) is 22.6. The highest BCUT2D eigenvalue weighted by molar-refractivity contribution is 7.10. The van der Waals surface area contributed by atoms with Crippen LogP contribution in [0.3, 0.4) is 0 Å². The van der Waals surface area contributed by atoms with Gasteiger partial charge in [0.25, 0.3) is 0 Å². The van der Waals surface area contributed by atoms with Crippen LogP contribution in [-0.4, -0.2) is 55.5 Å². The molecule has 3 heterocycles. The van der Waals surface area contributed by atoms with Crippen LogP contribution in [0.1, 0.15) is 17.7 Å². The number of amides is 1. The number of hydrogen-bond donors (Lipinski definition) is 2. The molecule has 0 radical (unpaired) electrons. The van der Waals surface area contributed by atoms with Gasteiger partial charge >= 0.3 is 0 Å². The number of benzene rings is 1. The molecule has 1 saturated heterocycles. The number of carbonyl (C=O) groups excluding carboxylic acids is 1. The number of hydrogen-bond acceptors (Lipinski definition) is 5. The lowest BCUT2D eigenvalue weighted by atomic mass is 9.85. The molecule has 1 aromatic heterocycles. The predicted octanol–water partition coefficient (Wildman–Crippen LogP) is 3.23. The van der Waals surface area contributed by atoms with Gasteiger partial charge in [-0.2, -0.15) is 0 Å². The van der Waals surface area contributed by atoms with Crippen molar-refractivity contribution in [2.75, 3.05) is 44.0 Å². The minimum atomic E-state index is -0.383. The van der Waals surface area contributed by atoms with Crippen molar-refractivity contribution in [2.45, 2.75) is 24.8 Å². The lowest BCUT2D eigenvalue weighted by molar-refractivity contribution is -0.131. The Bertz CT molecular complexity index is 852. The van der Waals surface area contributed by atoms with Gasteiger partial charge in [-0.3, -0.25) is 9.79 Å². The molecule has 2 aliphatic rings. The summed E-state index contributed by atoms with van der Waals surface area (Å²) in [7, 11) is 1.68. The molecule has 2 aliphatic heterocycles. The van der Waals surface area contributed by atoms with Crippen LogP contribution in [0.5, 0.6) is 0 Å². The molecule has 1 atom stereocenters. The van der Waals surface area contributed by atoms with Gasteiger partial charge in [0.05, 0.1) is 37.5 Å². The molecule has 4 rings (SSSR count). The smallest absolute Gasteiger partial charge is 0.227 e. The molecular weight excluding hydrogens is 372 g/mol. The summed E-state index contributed by atoms with van der Waals surface area (Å²) in [5.41, 5.74) is 1.69. The maximum absolute atomic E-state index is 12.9. The standard InChI is InChI=1S/C21H26N4O2S/c1-27-12-10-22-20-21(24-18-8-3-2-7-17(18)23-20)9-5-11-25(15-21)19(26)14-16-6-4-13-28-16/h2-4,6-8,13,24H,5,9-12,14-15H2,1H3,(H,22,23)/t21-/m0/s1. The first-order valence-electron chi connectivity index (χ1n) is 9.68. The first-order chi connectivity index (χ1) is 13.7. The molecule has 2 aromatic rings. The fourth-order valence-electron chi connectivity index (χ4n) is 3.94. The van der Waals surface area contributed by atoms with Crippen molar-refractivity contribution in [1.29, 1.82) is 0 Å². The minimum absolute atomic E-state index is 0.179. The van der Waals surface area contributed by atoms with Crippen LogP contribution in [0.25, 0.3) is 0 Å². The Kier molecular flexibility index (Phi) is 5.64. The maximum Gasteiger partial charge on any atom is 0.227 e. The molecule has 0 bridgehead atoms. The van der Waals surface area contributed by atoms with Crippen LogP contribution >= 0.6 is 11.3 Å². The molecule has 148 valence electrons. The van der Waals surface area contributed by atoms with Crippen molar-refractivity contribution in [1.82, 2.24) is 4.90 Å². The molecule has 6 nitrogen and oxygen atoms in total. The zero-order valence-electron chi connectivity index (χ0n) is 16.1. The number of anilines is 2. The average Bonchev–Trinajstić information content (AvgIpc) is 3.22. The Labute approximate surface area is 169 Å². The molecule has 2 N–H and O–H groups in total. The lowest BCUT2D eigenvalue weighted by Gasteiger charge is -2.47. The van der Waals surface area contributed by atoms with E-state index >= 15 is 0 Å². The summed E-state index contributed by atoms with van der Waals surface area (Å²) in [5, 5.41) is 9.24. The SMILES string of the molecule is COCCN=C1Nc2ccccc2N[C@]12CCCN(C(=O)Cc1cccs1)C2. The van der Waals surface area contributed by atoms with E-state index in [0.717, 1.165) is 41.5 Å². The summed E-state index contributed by atoms with van der Waals surface area (Å²) in [5.74, 6) is 1.08. The Hall–Kier alpha value is -2.38. The number of nitrogens with zero attached hydrogens (tertiary/aromatic N) is 2. The van der Waals surface area contributed by atoms with E-state index < -0.39 is 0 Å². The first kappa shape index (κ1) is 19.0. The quantitative estimate of drug-likeness (QED) is 0.759. The number of aliphatic imine (C=N–C) groups is 1. The van der Waals surface area contributed by atoms with Crippen LogP contribution in [0.2, 0.25) is 0 Å². The van der Waals surface area contributed by atoms with Gasteiger partial charge in [-0.15, -0.1) is 11.3 Å². The van der Waals surface area contributed by atoms with Gasteiger partial charge in [-0.1, -0.05) is 18.2 Å². The van der Waals surface area contributed by atoms with Gasteiger partial charge in [0.2, 0.25) is 5.91 Å². The number of rotatable bonds is 5. The Balaban J connectivity index is 1.58. The van der Waals surface area contributed by atoms with Crippen molar-refractivity contribution in [3.63, 3.8) is 0 Å². The number of piperidine rings is 1. The summed E-state index contributed by atoms with van der Waals surface area (Å²) in [6, 6.07) is 12.2. The van der Waals surface area contributed by atoms with E-state index in [9.17, 15) is 4.79 Å². The number of ether oxygens (including phenoxy) is 1. The zero-order chi connectivity index (χ0) is 19.4. The van der Waals surface area contributed by atoms with E-state index in [1.165, 1.54) is 0 Å². The highest BCUT2D eigenvalue weighted by Crippen LogP contribution is 2.36. The third-order valence-electron chi connectivity index (χ3n) is 5.32. The van der Waals surface area contributed by atoms with Crippen molar-refractivity contribution < 1.29 is 9.53 Å². The van der Waals surface area contributed by atoms with E-state index in [-0.39, 0.29) is 11.4 Å².